The molecular formula is C21H31NO3. The van der Waals surface area contributed by atoms with E-state index in [1.54, 1.807) is 0 Å². The van der Waals surface area contributed by atoms with Crippen molar-refractivity contribution in [2.45, 2.75) is 52.1 Å². The Morgan fingerprint density at radius 1 is 1.32 bits per heavy atom. The first-order valence-electron chi connectivity index (χ1n) is 9.63. The maximum atomic E-state index is 12.6. The molecule has 0 saturated carbocycles. The van der Waals surface area contributed by atoms with Crippen LogP contribution in [0.4, 0.5) is 0 Å². The molecule has 2 aliphatic rings. The highest BCUT2D eigenvalue weighted by molar-refractivity contribution is 5.76. The summed E-state index contributed by atoms with van der Waals surface area (Å²) in [6.07, 6.45) is 4.90. The van der Waals surface area contributed by atoms with Gasteiger partial charge in [0.15, 0.2) is 0 Å². The Labute approximate surface area is 151 Å². The minimum Gasteiger partial charge on any atom is -0.379 e. The van der Waals surface area contributed by atoms with Gasteiger partial charge in [-0.15, -0.1) is 0 Å². The van der Waals surface area contributed by atoms with Crippen LogP contribution in [0.1, 0.15) is 43.7 Å². The number of piperidine rings is 1. The topological polar surface area (TPSA) is 38.8 Å². The second-order valence-electron chi connectivity index (χ2n) is 7.60. The molecule has 1 atom stereocenters. The van der Waals surface area contributed by atoms with Crippen molar-refractivity contribution >= 4 is 5.91 Å². The Kier molecular flexibility index (Phi) is 6.13. The van der Waals surface area contributed by atoms with Gasteiger partial charge in [-0.3, -0.25) is 4.79 Å². The summed E-state index contributed by atoms with van der Waals surface area (Å²) >= 11 is 0. The van der Waals surface area contributed by atoms with Gasteiger partial charge in [0, 0.05) is 26.1 Å². The SMILES string of the molecule is CCOCC1CC2(CCN(C(=O)CCc3ccccc3C)CC2)CO1. The number of hydrogen-bond acceptors (Lipinski definition) is 3. The molecule has 4 nitrogen and oxygen atoms in total. The number of carbonyl (C=O) groups is 1. The number of hydrogen-bond donors (Lipinski definition) is 0. The van der Waals surface area contributed by atoms with Crippen LogP contribution >= 0.6 is 0 Å². The third-order valence-corrected chi connectivity index (χ3v) is 5.84. The van der Waals surface area contributed by atoms with Crippen LogP contribution in [0.25, 0.3) is 0 Å². The first kappa shape index (κ1) is 18.4. The lowest BCUT2D eigenvalue weighted by Gasteiger charge is -2.38. The average Bonchev–Trinajstić information content (AvgIpc) is 3.02. The van der Waals surface area contributed by atoms with Crippen LogP contribution in [0, 0.1) is 12.3 Å². The molecule has 2 heterocycles. The van der Waals surface area contributed by atoms with E-state index in [2.05, 4.69) is 30.0 Å². The van der Waals surface area contributed by atoms with Crippen molar-refractivity contribution in [3.8, 4) is 0 Å². The van der Waals surface area contributed by atoms with Crippen molar-refractivity contribution in [2.24, 2.45) is 5.41 Å². The Hall–Kier alpha value is -1.39. The molecule has 3 rings (SSSR count). The number of carbonyl (C=O) groups excluding carboxylic acids is 1. The largest absolute Gasteiger partial charge is 0.379 e. The van der Waals surface area contributed by atoms with Gasteiger partial charge in [0.2, 0.25) is 5.91 Å². The molecule has 0 radical (unpaired) electrons. The molecule has 4 heteroatoms. The normalized spacial score (nSPS) is 22.5. The molecule has 1 aromatic rings. The first-order valence-corrected chi connectivity index (χ1v) is 9.63. The van der Waals surface area contributed by atoms with Crippen molar-refractivity contribution in [1.82, 2.24) is 4.90 Å². The summed E-state index contributed by atoms with van der Waals surface area (Å²) in [7, 11) is 0. The molecule has 1 amide bonds. The number of ether oxygens (including phenoxy) is 2. The molecule has 0 aromatic heterocycles. The monoisotopic (exact) mass is 345 g/mol. The summed E-state index contributed by atoms with van der Waals surface area (Å²) in [4.78, 5) is 14.6. The Balaban J connectivity index is 1.44. The summed E-state index contributed by atoms with van der Waals surface area (Å²) in [5, 5.41) is 0. The van der Waals surface area contributed by atoms with Crippen molar-refractivity contribution < 1.29 is 14.3 Å². The predicted octanol–water partition coefficient (Wildman–Crippen LogP) is 3.36. The summed E-state index contributed by atoms with van der Waals surface area (Å²) in [5.41, 5.74) is 2.83. The minimum atomic E-state index is 0.239. The molecule has 0 N–H and O–H groups in total. The highest BCUT2D eigenvalue weighted by atomic mass is 16.5. The van der Waals surface area contributed by atoms with E-state index >= 15 is 0 Å². The summed E-state index contributed by atoms with van der Waals surface area (Å²) in [5.74, 6) is 0.294. The van der Waals surface area contributed by atoms with Crippen LogP contribution in [0.2, 0.25) is 0 Å². The molecule has 2 saturated heterocycles. The fourth-order valence-corrected chi connectivity index (χ4v) is 4.12. The van der Waals surface area contributed by atoms with E-state index in [9.17, 15) is 4.79 Å². The molecule has 1 aromatic carbocycles. The molecule has 0 aliphatic carbocycles. The van der Waals surface area contributed by atoms with Gasteiger partial charge in [-0.1, -0.05) is 24.3 Å². The van der Waals surface area contributed by atoms with Gasteiger partial charge < -0.3 is 14.4 Å². The predicted molar refractivity (Wildman–Crippen MR) is 98.6 cm³/mol. The second-order valence-corrected chi connectivity index (χ2v) is 7.60. The van der Waals surface area contributed by atoms with E-state index in [4.69, 9.17) is 9.47 Å². The van der Waals surface area contributed by atoms with Gasteiger partial charge in [-0.05, 0) is 56.1 Å². The number of nitrogens with zero attached hydrogens (tertiary/aromatic N) is 1. The van der Waals surface area contributed by atoms with Gasteiger partial charge in [-0.2, -0.15) is 0 Å². The van der Waals surface area contributed by atoms with E-state index in [0.29, 0.717) is 18.9 Å². The lowest BCUT2D eigenvalue weighted by Crippen LogP contribution is -2.43. The van der Waals surface area contributed by atoms with Crippen LogP contribution in [0.3, 0.4) is 0 Å². The highest BCUT2D eigenvalue weighted by Gasteiger charge is 2.42. The van der Waals surface area contributed by atoms with Crippen molar-refractivity contribution in [3.63, 3.8) is 0 Å². The molecule has 25 heavy (non-hydrogen) atoms. The Morgan fingerprint density at radius 2 is 2.08 bits per heavy atom. The van der Waals surface area contributed by atoms with Crippen LogP contribution in [-0.4, -0.2) is 49.8 Å². The van der Waals surface area contributed by atoms with Gasteiger partial charge in [0.05, 0.1) is 19.3 Å². The summed E-state index contributed by atoms with van der Waals surface area (Å²) in [6, 6.07) is 8.34. The standard InChI is InChI=1S/C21H31NO3/c1-3-24-15-19-14-21(16-25-19)10-12-22(13-11-21)20(23)9-8-18-7-5-4-6-17(18)2/h4-7,19H,3,8-16H2,1-2H3. The number of rotatable bonds is 6. The van der Waals surface area contributed by atoms with Crippen LogP contribution in [0.15, 0.2) is 24.3 Å². The molecule has 1 unspecified atom stereocenters. The quantitative estimate of drug-likeness (QED) is 0.793. The fourth-order valence-electron chi connectivity index (χ4n) is 4.12. The highest BCUT2D eigenvalue weighted by Crippen LogP contribution is 2.42. The summed E-state index contributed by atoms with van der Waals surface area (Å²) < 4.78 is 11.4. The van der Waals surface area contributed by atoms with Crippen LogP contribution in [-0.2, 0) is 20.7 Å². The molecule has 0 bridgehead atoms. The van der Waals surface area contributed by atoms with E-state index < -0.39 is 0 Å². The van der Waals surface area contributed by atoms with E-state index in [0.717, 1.165) is 52.0 Å². The second kappa shape index (κ2) is 8.33. The number of likely N-dealkylation sites (tertiary alicyclic amines) is 1. The third kappa shape index (κ3) is 4.62. The minimum absolute atomic E-state index is 0.239. The number of benzene rings is 1. The summed E-state index contributed by atoms with van der Waals surface area (Å²) in [6.45, 7) is 8.16. The van der Waals surface area contributed by atoms with Crippen molar-refractivity contribution in [2.75, 3.05) is 32.9 Å². The molecule has 2 fully saturated rings. The smallest absolute Gasteiger partial charge is 0.222 e. The zero-order valence-electron chi connectivity index (χ0n) is 15.6. The molecular weight excluding hydrogens is 314 g/mol. The maximum absolute atomic E-state index is 12.6. The molecule has 2 aliphatic heterocycles. The van der Waals surface area contributed by atoms with Gasteiger partial charge in [-0.25, -0.2) is 0 Å². The van der Waals surface area contributed by atoms with Crippen molar-refractivity contribution in [3.05, 3.63) is 35.4 Å². The van der Waals surface area contributed by atoms with E-state index in [-0.39, 0.29) is 11.5 Å². The zero-order valence-corrected chi connectivity index (χ0v) is 15.6. The average molecular weight is 345 g/mol. The molecule has 1 spiro atoms. The zero-order chi connectivity index (χ0) is 17.7. The van der Waals surface area contributed by atoms with Crippen LogP contribution < -0.4 is 0 Å². The maximum Gasteiger partial charge on any atom is 0.222 e. The Morgan fingerprint density at radius 3 is 2.80 bits per heavy atom. The van der Waals surface area contributed by atoms with Gasteiger partial charge in [0.25, 0.3) is 0 Å². The lowest BCUT2D eigenvalue weighted by atomic mass is 9.76. The number of amides is 1. The van der Waals surface area contributed by atoms with Gasteiger partial charge in [0.1, 0.15) is 0 Å². The molecule has 138 valence electrons. The first-order chi connectivity index (χ1) is 12.1. The van der Waals surface area contributed by atoms with E-state index in [1.165, 1.54) is 11.1 Å². The number of aryl methyl sites for hydroxylation is 2. The lowest BCUT2D eigenvalue weighted by molar-refractivity contribution is -0.133. The van der Waals surface area contributed by atoms with Crippen LogP contribution in [0.5, 0.6) is 0 Å². The fraction of sp³-hybridized carbons (Fsp3) is 0.667. The van der Waals surface area contributed by atoms with Gasteiger partial charge >= 0.3 is 0 Å². The Bertz CT molecular complexity index is 578. The third-order valence-electron chi connectivity index (χ3n) is 5.84. The van der Waals surface area contributed by atoms with Crippen molar-refractivity contribution in [1.29, 1.82) is 0 Å². The van der Waals surface area contributed by atoms with E-state index in [1.807, 2.05) is 13.0 Å².